The Morgan fingerprint density at radius 2 is 2.11 bits per heavy atom. The molecule has 0 bridgehead atoms. The summed E-state index contributed by atoms with van der Waals surface area (Å²) in [4.78, 5) is 25.0. The van der Waals surface area contributed by atoms with Crippen LogP contribution in [-0.4, -0.2) is 57.2 Å². The van der Waals surface area contributed by atoms with Gasteiger partial charge in [0.25, 0.3) is 0 Å². The fourth-order valence-corrected chi connectivity index (χ4v) is 2.02. The molecule has 0 radical (unpaired) electrons. The number of carbonyl (C=O) groups is 2. The van der Waals surface area contributed by atoms with Crippen LogP contribution < -0.4 is 0 Å². The van der Waals surface area contributed by atoms with Crippen LogP contribution in [0.15, 0.2) is 6.33 Å². The van der Waals surface area contributed by atoms with Gasteiger partial charge in [-0.1, -0.05) is 0 Å². The maximum absolute atomic E-state index is 11.9. The first-order valence-corrected chi connectivity index (χ1v) is 5.77. The van der Waals surface area contributed by atoms with E-state index in [-0.39, 0.29) is 24.3 Å². The molecule has 2 rings (SSSR count). The first kappa shape index (κ1) is 12.5. The summed E-state index contributed by atoms with van der Waals surface area (Å²) in [6.45, 7) is 1.28. The van der Waals surface area contributed by atoms with Gasteiger partial charge in [-0.2, -0.15) is 0 Å². The summed E-state index contributed by atoms with van der Waals surface area (Å²) in [7, 11) is 1.39. The minimum Gasteiger partial charge on any atom is -0.469 e. The van der Waals surface area contributed by atoms with Crippen molar-refractivity contribution in [3.8, 4) is 0 Å². The molecule has 0 saturated carbocycles. The maximum atomic E-state index is 11.9. The summed E-state index contributed by atoms with van der Waals surface area (Å²) in [5.74, 6) is -0.319. The highest BCUT2D eigenvalue weighted by Gasteiger charge is 2.27. The molecule has 0 spiro atoms. The average Bonchev–Trinajstić information content (AvgIpc) is 2.91. The van der Waals surface area contributed by atoms with Gasteiger partial charge in [-0.25, -0.2) is 4.68 Å². The molecule has 0 N–H and O–H groups in total. The summed E-state index contributed by atoms with van der Waals surface area (Å²) in [6, 6.07) is 0. The SMILES string of the molecule is COC(=O)C1CCN(C(=O)Cn2cnnn2)CC1. The number of carbonyl (C=O) groups excluding carboxylic acids is 2. The first-order chi connectivity index (χ1) is 8.70. The normalized spacial score (nSPS) is 16.6. The smallest absolute Gasteiger partial charge is 0.308 e. The summed E-state index contributed by atoms with van der Waals surface area (Å²) >= 11 is 0. The van der Waals surface area contributed by atoms with Crippen molar-refractivity contribution in [3.63, 3.8) is 0 Å². The molecule has 1 aliphatic heterocycles. The Hall–Kier alpha value is -1.99. The Bertz CT molecular complexity index is 411. The zero-order chi connectivity index (χ0) is 13.0. The lowest BCUT2D eigenvalue weighted by atomic mass is 9.97. The van der Waals surface area contributed by atoms with E-state index in [1.165, 1.54) is 18.1 Å². The fourth-order valence-electron chi connectivity index (χ4n) is 2.02. The molecular weight excluding hydrogens is 238 g/mol. The molecule has 18 heavy (non-hydrogen) atoms. The van der Waals surface area contributed by atoms with Crippen molar-refractivity contribution in [2.24, 2.45) is 5.92 Å². The van der Waals surface area contributed by atoms with E-state index in [4.69, 9.17) is 4.74 Å². The number of rotatable bonds is 3. The minimum absolute atomic E-state index is 0.0365. The number of methoxy groups -OCH3 is 1. The Kier molecular flexibility index (Phi) is 3.85. The van der Waals surface area contributed by atoms with Crippen LogP contribution in [0, 0.1) is 5.92 Å². The number of hydrogen-bond acceptors (Lipinski definition) is 6. The number of hydrogen-bond donors (Lipinski definition) is 0. The van der Waals surface area contributed by atoms with Crippen molar-refractivity contribution < 1.29 is 14.3 Å². The van der Waals surface area contributed by atoms with Gasteiger partial charge < -0.3 is 9.64 Å². The van der Waals surface area contributed by atoms with Gasteiger partial charge in [-0.3, -0.25) is 9.59 Å². The van der Waals surface area contributed by atoms with Gasteiger partial charge in [0.2, 0.25) is 5.91 Å². The zero-order valence-electron chi connectivity index (χ0n) is 10.2. The highest BCUT2D eigenvalue weighted by Crippen LogP contribution is 2.18. The molecule has 98 valence electrons. The lowest BCUT2D eigenvalue weighted by Crippen LogP contribution is -2.42. The van der Waals surface area contributed by atoms with Gasteiger partial charge >= 0.3 is 5.97 Å². The first-order valence-electron chi connectivity index (χ1n) is 5.77. The summed E-state index contributed by atoms with van der Waals surface area (Å²) < 4.78 is 6.08. The van der Waals surface area contributed by atoms with Crippen LogP contribution in [0.2, 0.25) is 0 Å². The van der Waals surface area contributed by atoms with Gasteiger partial charge in [-0.05, 0) is 23.3 Å². The topological polar surface area (TPSA) is 90.2 Å². The molecule has 0 atom stereocenters. The maximum Gasteiger partial charge on any atom is 0.308 e. The van der Waals surface area contributed by atoms with E-state index in [2.05, 4.69) is 15.5 Å². The van der Waals surface area contributed by atoms with Crippen LogP contribution in [0.4, 0.5) is 0 Å². The number of ether oxygens (including phenoxy) is 1. The molecule has 1 amide bonds. The van der Waals surface area contributed by atoms with Crippen molar-refractivity contribution >= 4 is 11.9 Å². The van der Waals surface area contributed by atoms with E-state index in [1.54, 1.807) is 4.90 Å². The third-order valence-electron chi connectivity index (χ3n) is 3.07. The van der Waals surface area contributed by atoms with E-state index in [9.17, 15) is 9.59 Å². The molecule has 1 saturated heterocycles. The summed E-state index contributed by atoms with van der Waals surface area (Å²) in [5, 5.41) is 10.6. The summed E-state index contributed by atoms with van der Waals surface area (Å²) in [5.41, 5.74) is 0. The molecule has 1 aliphatic rings. The Balaban J connectivity index is 1.82. The molecule has 8 heteroatoms. The number of aromatic nitrogens is 4. The van der Waals surface area contributed by atoms with E-state index < -0.39 is 0 Å². The van der Waals surface area contributed by atoms with Crippen LogP contribution in [0.1, 0.15) is 12.8 Å². The van der Waals surface area contributed by atoms with Crippen LogP contribution in [0.5, 0.6) is 0 Å². The Labute approximate surface area is 104 Å². The molecule has 1 aromatic heterocycles. The lowest BCUT2D eigenvalue weighted by Gasteiger charge is -2.30. The lowest BCUT2D eigenvalue weighted by molar-refractivity contribution is -0.149. The predicted octanol–water partition coefficient (Wildman–Crippen LogP) is -0.915. The number of nitrogens with zero attached hydrogens (tertiary/aromatic N) is 5. The number of esters is 1. The van der Waals surface area contributed by atoms with Gasteiger partial charge in [0.05, 0.1) is 13.0 Å². The van der Waals surface area contributed by atoms with Crippen molar-refractivity contribution in [2.45, 2.75) is 19.4 Å². The molecule has 1 fully saturated rings. The number of tetrazole rings is 1. The molecule has 0 aromatic carbocycles. The van der Waals surface area contributed by atoms with Gasteiger partial charge in [0.15, 0.2) is 0 Å². The van der Waals surface area contributed by atoms with Crippen LogP contribution in [0.3, 0.4) is 0 Å². The minimum atomic E-state index is -0.192. The van der Waals surface area contributed by atoms with Crippen molar-refractivity contribution in [1.82, 2.24) is 25.1 Å². The predicted molar refractivity (Wildman–Crippen MR) is 59.1 cm³/mol. The quantitative estimate of drug-likeness (QED) is 0.647. The van der Waals surface area contributed by atoms with E-state index in [0.29, 0.717) is 25.9 Å². The van der Waals surface area contributed by atoms with Crippen molar-refractivity contribution in [3.05, 3.63) is 6.33 Å². The molecular formula is C10H15N5O3. The monoisotopic (exact) mass is 253 g/mol. The van der Waals surface area contributed by atoms with Crippen LogP contribution >= 0.6 is 0 Å². The Morgan fingerprint density at radius 1 is 1.39 bits per heavy atom. The van der Waals surface area contributed by atoms with Gasteiger partial charge in [0.1, 0.15) is 12.9 Å². The van der Waals surface area contributed by atoms with Gasteiger partial charge in [0, 0.05) is 13.1 Å². The molecule has 0 unspecified atom stereocenters. The fraction of sp³-hybridized carbons (Fsp3) is 0.700. The highest BCUT2D eigenvalue weighted by molar-refractivity contribution is 5.77. The van der Waals surface area contributed by atoms with E-state index >= 15 is 0 Å². The molecule has 2 heterocycles. The van der Waals surface area contributed by atoms with E-state index in [0.717, 1.165) is 0 Å². The zero-order valence-corrected chi connectivity index (χ0v) is 10.2. The largest absolute Gasteiger partial charge is 0.469 e. The van der Waals surface area contributed by atoms with Crippen molar-refractivity contribution in [1.29, 1.82) is 0 Å². The van der Waals surface area contributed by atoms with Crippen LogP contribution in [-0.2, 0) is 20.9 Å². The molecule has 1 aromatic rings. The van der Waals surface area contributed by atoms with E-state index in [1.807, 2.05) is 0 Å². The van der Waals surface area contributed by atoms with Crippen molar-refractivity contribution in [2.75, 3.05) is 20.2 Å². The third kappa shape index (κ3) is 2.82. The average molecular weight is 253 g/mol. The van der Waals surface area contributed by atoms with Crippen LogP contribution in [0.25, 0.3) is 0 Å². The molecule has 8 nitrogen and oxygen atoms in total. The second-order valence-electron chi connectivity index (χ2n) is 4.19. The number of likely N-dealkylation sites (tertiary alicyclic amines) is 1. The standard InChI is InChI=1S/C10H15N5O3/c1-18-10(17)8-2-4-14(5-3-8)9(16)6-15-7-11-12-13-15/h7-8H,2-6H2,1H3. The highest BCUT2D eigenvalue weighted by atomic mass is 16.5. The van der Waals surface area contributed by atoms with Gasteiger partial charge in [-0.15, -0.1) is 5.10 Å². The number of piperidine rings is 1. The second-order valence-corrected chi connectivity index (χ2v) is 4.19. The summed E-state index contributed by atoms with van der Waals surface area (Å²) in [6.07, 6.45) is 2.70. The molecule has 0 aliphatic carbocycles. The second kappa shape index (κ2) is 5.56. The third-order valence-corrected chi connectivity index (χ3v) is 3.07. The number of amides is 1. The Morgan fingerprint density at radius 3 is 2.67 bits per heavy atom.